The Bertz CT molecular complexity index is 619. The first-order valence-electron chi connectivity index (χ1n) is 7.32. The number of ether oxygens (including phenoxy) is 1. The quantitative estimate of drug-likeness (QED) is 0.914. The highest BCUT2D eigenvalue weighted by Crippen LogP contribution is 2.32. The molecule has 0 aromatic heterocycles. The molecular formula is C17H19FN2O2. The fourth-order valence-corrected chi connectivity index (χ4v) is 2.71. The second-order valence-electron chi connectivity index (χ2n) is 5.35. The van der Waals surface area contributed by atoms with E-state index >= 15 is 0 Å². The first kappa shape index (κ1) is 15.0. The summed E-state index contributed by atoms with van der Waals surface area (Å²) in [6.07, 6.45) is -0.202. The molecule has 0 saturated carbocycles. The van der Waals surface area contributed by atoms with Crippen LogP contribution in [0.5, 0.6) is 5.75 Å². The highest BCUT2D eigenvalue weighted by atomic mass is 19.1. The van der Waals surface area contributed by atoms with Crippen LogP contribution >= 0.6 is 0 Å². The van der Waals surface area contributed by atoms with Crippen molar-refractivity contribution in [2.45, 2.75) is 6.17 Å². The molecular weight excluding hydrogens is 283 g/mol. The van der Waals surface area contributed by atoms with E-state index in [1.165, 1.54) is 18.2 Å². The lowest BCUT2D eigenvalue weighted by atomic mass is 10.0. The minimum absolute atomic E-state index is 0.0646. The standard InChI is InChI=1S/C17H19FN2O2/c18-14-2-1-3-15(21)16(14)12-4-6-13(7-5-12)17(19)20-8-10-22-11-9-20/h1-7,17,21H,8-11,19H2/t17-/m1/s1. The molecule has 0 amide bonds. The van der Waals surface area contributed by atoms with Gasteiger partial charge < -0.3 is 15.6 Å². The van der Waals surface area contributed by atoms with Crippen LogP contribution in [-0.4, -0.2) is 36.3 Å². The smallest absolute Gasteiger partial charge is 0.134 e. The van der Waals surface area contributed by atoms with Crippen molar-refractivity contribution >= 4 is 0 Å². The summed E-state index contributed by atoms with van der Waals surface area (Å²) < 4.78 is 19.2. The van der Waals surface area contributed by atoms with Crippen LogP contribution in [0.1, 0.15) is 11.7 Å². The predicted molar refractivity (Wildman–Crippen MR) is 82.8 cm³/mol. The van der Waals surface area contributed by atoms with Crippen LogP contribution in [0.4, 0.5) is 4.39 Å². The summed E-state index contributed by atoms with van der Waals surface area (Å²) in [5.74, 6) is -0.504. The van der Waals surface area contributed by atoms with Crippen LogP contribution in [0.15, 0.2) is 42.5 Å². The number of phenols is 1. The maximum Gasteiger partial charge on any atom is 0.134 e. The van der Waals surface area contributed by atoms with Crippen molar-refractivity contribution in [3.63, 3.8) is 0 Å². The highest BCUT2D eigenvalue weighted by Gasteiger charge is 2.19. The topological polar surface area (TPSA) is 58.7 Å². The van der Waals surface area contributed by atoms with Gasteiger partial charge in [-0.3, -0.25) is 4.90 Å². The third-order valence-corrected chi connectivity index (χ3v) is 3.97. The molecule has 1 atom stereocenters. The van der Waals surface area contributed by atoms with Gasteiger partial charge in [0, 0.05) is 13.1 Å². The zero-order chi connectivity index (χ0) is 15.5. The second-order valence-corrected chi connectivity index (χ2v) is 5.35. The minimum Gasteiger partial charge on any atom is -0.507 e. The Kier molecular flexibility index (Phi) is 4.38. The molecule has 1 fully saturated rings. The number of nitrogens with zero attached hydrogens (tertiary/aromatic N) is 1. The summed E-state index contributed by atoms with van der Waals surface area (Å²) in [6, 6.07) is 11.6. The lowest BCUT2D eigenvalue weighted by Gasteiger charge is -2.32. The molecule has 2 aromatic carbocycles. The molecule has 1 aliphatic rings. The molecule has 3 N–H and O–H groups in total. The Morgan fingerprint density at radius 2 is 1.77 bits per heavy atom. The zero-order valence-electron chi connectivity index (χ0n) is 12.2. The average Bonchev–Trinajstić information content (AvgIpc) is 2.55. The molecule has 116 valence electrons. The molecule has 22 heavy (non-hydrogen) atoms. The van der Waals surface area contributed by atoms with E-state index in [1.54, 1.807) is 12.1 Å². The van der Waals surface area contributed by atoms with Crippen molar-refractivity contribution in [2.24, 2.45) is 5.73 Å². The van der Waals surface area contributed by atoms with Crippen molar-refractivity contribution in [3.05, 3.63) is 53.8 Å². The molecule has 0 unspecified atom stereocenters. The molecule has 0 aliphatic carbocycles. The molecule has 1 saturated heterocycles. The number of hydrogen-bond acceptors (Lipinski definition) is 4. The van der Waals surface area contributed by atoms with Crippen LogP contribution in [0.3, 0.4) is 0 Å². The van der Waals surface area contributed by atoms with Gasteiger partial charge in [0.25, 0.3) is 0 Å². The van der Waals surface area contributed by atoms with E-state index in [2.05, 4.69) is 4.90 Å². The van der Waals surface area contributed by atoms with E-state index < -0.39 is 5.82 Å². The first-order chi connectivity index (χ1) is 10.7. The predicted octanol–water partition coefficient (Wildman–Crippen LogP) is 2.49. The molecule has 4 nitrogen and oxygen atoms in total. The van der Waals surface area contributed by atoms with Crippen molar-refractivity contribution in [2.75, 3.05) is 26.3 Å². The Morgan fingerprint density at radius 1 is 1.09 bits per heavy atom. The van der Waals surface area contributed by atoms with Gasteiger partial charge >= 0.3 is 0 Å². The van der Waals surface area contributed by atoms with Crippen molar-refractivity contribution in [1.82, 2.24) is 4.90 Å². The van der Waals surface area contributed by atoms with E-state index in [4.69, 9.17) is 10.5 Å². The Balaban J connectivity index is 1.83. The number of aromatic hydroxyl groups is 1. The maximum atomic E-state index is 13.9. The summed E-state index contributed by atoms with van der Waals surface area (Å²) >= 11 is 0. The lowest BCUT2D eigenvalue weighted by Crippen LogP contribution is -2.42. The Labute approximate surface area is 128 Å². The van der Waals surface area contributed by atoms with Gasteiger partial charge in [-0.05, 0) is 23.3 Å². The summed E-state index contributed by atoms with van der Waals surface area (Å²) in [5, 5.41) is 9.84. The van der Waals surface area contributed by atoms with Gasteiger partial charge in [0.2, 0.25) is 0 Å². The van der Waals surface area contributed by atoms with Crippen molar-refractivity contribution in [1.29, 1.82) is 0 Å². The molecule has 0 spiro atoms. The van der Waals surface area contributed by atoms with Crippen LogP contribution in [0.2, 0.25) is 0 Å². The summed E-state index contributed by atoms with van der Waals surface area (Å²) in [6.45, 7) is 2.98. The van der Waals surface area contributed by atoms with Gasteiger partial charge in [0.05, 0.1) is 24.9 Å². The highest BCUT2D eigenvalue weighted by molar-refractivity contribution is 5.70. The second kappa shape index (κ2) is 6.44. The number of nitrogens with two attached hydrogens (primary N) is 1. The van der Waals surface area contributed by atoms with Crippen molar-refractivity contribution in [3.8, 4) is 16.9 Å². The van der Waals surface area contributed by atoms with Gasteiger partial charge in [0.1, 0.15) is 11.6 Å². The molecule has 2 aromatic rings. The normalized spacial score (nSPS) is 17.4. The molecule has 5 heteroatoms. The van der Waals surface area contributed by atoms with Crippen LogP contribution in [0.25, 0.3) is 11.1 Å². The van der Waals surface area contributed by atoms with Crippen molar-refractivity contribution < 1.29 is 14.2 Å². The van der Waals surface area contributed by atoms with Gasteiger partial charge in [0.15, 0.2) is 0 Å². The minimum atomic E-state index is -0.440. The summed E-state index contributed by atoms with van der Waals surface area (Å²) in [7, 11) is 0. The Hall–Kier alpha value is -1.95. The van der Waals surface area contributed by atoms with E-state index in [0.717, 1.165) is 18.7 Å². The molecule has 1 heterocycles. The number of benzene rings is 2. The fraction of sp³-hybridized carbons (Fsp3) is 0.294. The first-order valence-corrected chi connectivity index (χ1v) is 7.32. The van der Waals surface area contributed by atoms with E-state index in [1.807, 2.05) is 12.1 Å². The van der Waals surface area contributed by atoms with Gasteiger partial charge in [-0.25, -0.2) is 4.39 Å². The summed E-state index contributed by atoms with van der Waals surface area (Å²) in [5.41, 5.74) is 8.07. The number of morpholine rings is 1. The van der Waals surface area contributed by atoms with E-state index in [0.29, 0.717) is 18.8 Å². The lowest BCUT2D eigenvalue weighted by molar-refractivity contribution is 0.0173. The maximum absolute atomic E-state index is 13.9. The van der Waals surface area contributed by atoms with Crippen LogP contribution in [-0.2, 0) is 4.74 Å². The fourth-order valence-electron chi connectivity index (χ4n) is 2.71. The number of phenolic OH excluding ortho intramolecular Hbond substituents is 1. The molecule has 1 aliphatic heterocycles. The van der Waals surface area contributed by atoms with Crippen LogP contribution in [0, 0.1) is 5.82 Å². The average molecular weight is 302 g/mol. The Morgan fingerprint density at radius 3 is 2.41 bits per heavy atom. The molecule has 3 rings (SSSR count). The molecule has 0 bridgehead atoms. The monoisotopic (exact) mass is 302 g/mol. The van der Waals surface area contributed by atoms with E-state index in [9.17, 15) is 9.50 Å². The summed E-state index contributed by atoms with van der Waals surface area (Å²) in [4.78, 5) is 2.15. The largest absolute Gasteiger partial charge is 0.507 e. The van der Waals surface area contributed by atoms with Crippen LogP contribution < -0.4 is 5.73 Å². The van der Waals surface area contributed by atoms with Gasteiger partial charge in [-0.2, -0.15) is 0 Å². The van der Waals surface area contributed by atoms with Gasteiger partial charge in [-0.1, -0.05) is 30.3 Å². The number of hydrogen-bond donors (Lipinski definition) is 2. The number of rotatable bonds is 3. The number of halogens is 1. The third-order valence-electron chi connectivity index (χ3n) is 3.97. The zero-order valence-corrected chi connectivity index (χ0v) is 12.2. The van der Waals surface area contributed by atoms with Gasteiger partial charge in [-0.15, -0.1) is 0 Å². The van der Waals surface area contributed by atoms with E-state index in [-0.39, 0.29) is 17.5 Å². The SMILES string of the molecule is N[C@@H](c1ccc(-c2c(O)cccc2F)cc1)N1CCOCC1. The molecule has 0 radical (unpaired) electrons. The third kappa shape index (κ3) is 2.97.